The first-order valence-electron chi connectivity index (χ1n) is 19.6. The standard InChI is InChI=1S/C53H39N3O/c1-53-32-17-16-27-45(53)51-43-26-14-15-28-46(43)56(47(51)31-33-53)42-34-48(55(39-22-10-4-11-23-39)40-24-12-5-13-25-40)52-44-30-29-41(35-49(44)57-50(52)36-42)54(37-18-6-2-7-19-37)38-20-8-3-9-21-38/h2-36,45H,1H3. The third-order valence-electron chi connectivity index (χ3n) is 11.7. The highest BCUT2D eigenvalue weighted by Crippen LogP contribution is 2.52. The summed E-state index contributed by atoms with van der Waals surface area (Å²) in [6, 6.07) is 62.4. The monoisotopic (exact) mass is 733 g/mol. The van der Waals surface area contributed by atoms with Gasteiger partial charge < -0.3 is 18.8 Å². The SMILES string of the molecule is CC12C=CC=CC1c1c(n(-c3cc(N(c4ccccc4)c4ccccc4)c4c(c3)oc3cc(N(c5ccccc5)c5ccccc5)ccc34)c3ccccc13)C=C2. The van der Waals surface area contributed by atoms with E-state index in [0.29, 0.717) is 0 Å². The predicted octanol–water partition coefficient (Wildman–Crippen LogP) is 14.7. The van der Waals surface area contributed by atoms with Gasteiger partial charge in [0.2, 0.25) is 0 Å². The van der Waals surface area contributed by atoms with E-state index < -0.39 is 0 Å². The number of anilines is 6. The molecular weight excluding hydrogens is 695 g/mol. The number of para-hydroxylation sites is 5. The molecule has 2 aromatic heterocycles. The zero-order valence-corrected chi connectivity index (χ0v) is 31.5. The van der Waals surface area contributed by atoms with Crippen molar-refractivity contribution in [1.82, 2.24) is 4.57 Å². The molecule has 0 amide bonds. The van der Waals surface area contributed by atoms with Crippen LogP contribution in [0.5, 0.6) is 0 Å². The minimum absolute atomic E-state index is 0.0902. The number of aromatic nitrogens is 1. The molecule has 0 aliphatic heterocycles. The van der Waals surface area contributed by atoms with Gasteiger partial charge in [-0.1, -0.05) is 128 Å². The summed E-state index contributed by atoms with van der Waals surface area (Å²) in [5.41, 5.74) is 12.7. The second-order valence-corrected chi connectivity index (χ2v) is 15.2. The Hall–Kier alpha value is -7.30. The highest BCUT2D eigenvalue weighted by molar-refractivity contribution is 6.15. The lowest BCUT2D eigenvalue weighted by molar-refractivity contribution is 0.481. The summed E-state index contributed by atoms with van der Waals surface area (Å²) in [5, 5.41) is 3.39. The quantitative estimate of drug-likeness (QED) is 0.163. The van der Waals surface area contributed by atoms with Crippen molar-refractivity contribution in [1.29, 1.82) is 0 Å². The van der Waals surface area contributed by atoms with Gasteiger partial charge in [-0.05, 0) is 84.4 Å². The summed E-state index contributed by atoms with van der Waals surface area (Å²) < 4.78 is 9.51. The first-order valence-corrected chi connectivity index (χ1v) is 19.6. The molecule has 9 aromatic rings. The van der Waals surface area contributed by atoms with E-state index in [2.05, 4.69) is 234 Å². The number of rotatable bonds is 7. The van der Waals surface area contributed by atoms with Crippen LogP contribution in [0, 0.1) is 5.41 Å². The molecule has 57 heavy (non-hydrogen) atoms. The molecule has 0 spiro atoms. The third-order valence-corrected chi connectivity index (χ3v) is 11.7. The molecule has 0 saturated carbocycles. The van der Waals surface area contributed by atoms with Crippen LogP contribution in [0.15, 0.2) is 211 Å². The maximum atomic E-state index is 7.07. The summed E-state index contributed by atoms with van der Waals surface area (Å²) in [6.07, 6.45) is 13.8. The lowest BCUT2D eigenvalue weighted by Crippen LogP contribution is -2.24. The Kier molecular flexibility index (Phi) is 7.65. The van der Waals surface area contributed by atoms with E-state index in [-0.39, 0.29) is 11.3 Å². The zero-order chi connectivity index (χ0) is 37.9. The zero-order valence-electron chi connectivity index (χ0n) is 31.5. The van der Waals surface area contributed by atoms with Gasteiger partial charge in [0.05, 0.1) is 28.0 Å². The van der Waals surface area contributed by atoms with E-state index in [1.165, 1.54) is 22.2 Å². The van der Waals surface area contributed by atoms with Gasteiger partial charge in [0.1, 0.15) is 11.2 Å². The van der Waals surface area contributed by atoms with Crippen molar-refractivity contribution >= 4 is 73.0 Å². The maximum absolute atomic E-state index is 7.07. The Bertz CT molecular complexity index is 2950. The predicted molar refractivity (Wildman–Crippen MR) is 238 cm³/mol. The normalized spacial score (nSPS) is 16.9. The minimum atomic E-state index is -0.0902. The Balaban J connectivity index is 1.20. The van der Waals surface area contributed by atoms with Crippen molar-refractivity contribution in [2.45, 2.75) is 12.8 Å². The maximum Gasteiger partial charge on any atom is 0.139 e. The number of nitrogens with zero attached hydrogens (tertiary/aromatic N) is 3. The second kappa shape index (κ2) is 13.2. The fraction of sp³-hybridized carbons (Fsp3) is 0.0566. The molecule has 11 rings (SSSR count). The fourth-order valence-electron chi connectivity index (χ4n) is 9.11. The van der Waals surface area contributed by atoms with Gasteiger partial charge in [-0.3, -0.25) is 0 Å². The van der Waals surface area contributed by atoms with Crippen molar-refractivity contribution in [3.63, 3.8) is 0 Å². The van der Waals surface area contributed by atoms with Gasteiger partial charge in [0, 0.05) is 62.7 Å². The molecule has 4 heteroatoms. The Labute approximate surface area is 332 Å². The molecule has 2 aliphatic rings. The first kappa shape index (κ1) is 33.1. The average Bonchev–Trinajstić information content (AvgIpc) is 3.81. The Morgan fingerprint density at radius 1 is 0.526 bits per heavy atom. The molecule has 7 aromatic carbocycles. The van der Waals surface area contributed by atoms with Crippen molar-refractivity contribution in [2.24, 2.45) is 5.41 Å². The van der Waals surface area contributed by atoms with Crippen LogP contribution in [0.25, 0.3) is 44.6 Å². The van der Waals surface area contributed by atoms with E-state index in [1.807, 2.05) is 0 Å². The molecule has 0 bridgehead atoms. The van der Waals surface area contributed by atoms with Gasteiger partial charge >= 0.3 is 0 Å². The summed E-state index contributed by atoms with van der Waals surface area (Å²) >= 11 is 0. The van der Waals surface area contributed by atoms with E-state index in [9.17, 15) is 0 Å². The summed E-state index contributed by atoms with van der Waals surface area (Å²) in [7, 11) is 0. The Morgan fingerprint density at radius 3 is 1.77 bits per heavy atom. The van der Waals surface area contributed by atoms with Crippen LogP contribution in [0.3, 0.4) is 0 Å². The fourth-order valence-corrected chi connectivity index (χ4v) is 9.11. The van der Waals surface area contributed by atoms with Crippen molar-refractivity contribution < 1.29 is 4.42 Å². The van der Waals surface area contributed by atoms with E-state index in [1.54, 1.807) is 0 Å². The number of furan rings is 1. The smallest absolute Gasteiger partial charge is 0.139 e. The molecule has 2 atom stereocenters. The largest absolute Gasteiger partial charge is 0.456 e. The second-order valence-electron chi connectivity index (χ2n) is 15.2. The van der Waals surface area contributed by atoms with Crippen molar-refractivity contribution in [3.05, 3.63) is 218 Å². The number of fused-ring (bicyclic) bond motifs is 8. The van der Waals surface area contributed by atoms with Crippen LogP contribution in [-0.2, 0) is 0 Å². The lowest BCUT2D eigenvalue weighted by atomic mass is 9.68. The first-order chi connectivity index (χ1) is 28.1. The molecule has 4 nitrogen and oxygen atoms in total. The van der Waals surface area contributed by atoms with Crippen LogP contribution in [0.1, 0.15) is 24.1 Å². The molecule has 0 N–H and O–H groups in total. The van der Waals surface area contributed by atoms with E-state index in [0.717, 1.165) is 61.8 Å². The highest BCUT2D eigenvalue weighted by atomic mass is 16.3. The molecule has 2 aliphatic carbocycles. The summed E-state index contributed by atoms with van der Waals surface area (Å²) in [6.45, 7) is 2.34. The van der Waals surface area contributed by atoms with Crippen molar-refractivity contribution in [3.8, 4) is 5.69 Å². The molecule has 2 heterocycles. The topological polar surface area (TPSA) is 24.6 Å². The number of hydrogen-bond donors (Lipinski definition) is 0. The lowest BCUT2D eigenvalue weighted by Gasteiger charge is -2.36. The molecule has 2 unspecified atom stereocenters. The summed E-state index contributed by atoms with van der Waals surface area (Å²) in [4.78, 5) is 4.65. The van der Waals surface area contributed by atoms with Crippen LogP contribution >= 0.6 is 0 Å². The van der Waals surface area contributed by atoms with Crippen LogP contribution in [-0.4, -0.2) is 4.57 Å². The molecule has 272 valence electrons. The van der Waals surface area contributed by atoms with E-state index >= 15 is 0 Å². The molecular formula is C53H39N3O. The molecule has 0 fully saturated rings. The molecule has 0 radical (unpaired) electrons. The van der Waals surface area contributed by atoms with Crippen LogP contribution in [0.2, 0.25) is 0 Å². The van der Waals surface area contributed by atoms with Gasteiger partial charge in [-0.2, -0.15) is 0 Å². The van der Waals surface area contributed by atoms with Crippen molar-refractivity contribution in [2.75, 3.05) is 9.80 Å². The number of hydrogen-bond acceptors (Lipinski definition) is 3. The average molecular weight is 734 g/mol. The van der Waals surface area contributed by atoms with Gasteiger partial charge in [0.25, 0.3) is 0 Å². The minimum Gasteiger partial charge on any atom is -0.456 e. The summed E-state index contributed by atoms with van der Waals surface area (Å²) in [5.74, 6) is 0.226. The van der Waals surface area contributed by atoms with Crippen LogP contribution in [0.4, 0.5) is 34.1 Å². The number of allylic oxidation sites excluding steroid dienone is 5. The van der Waals surface area contributed by atoms with E-state index in [4.69, 9.17) is 4.42 Å². The Morgan fingerprint density at radius 2 is 1.12 bits per heavy atom. The van der Waals surface area contributed by atoms with Crippen LogP contribution < -0.4 is 9.80 Å². The molecule has 0 saturated heterocycles. The van der Waals surface area contributed by atoms with Gasteiger partial charge in [0.15, 0.2) is 0 Å². The highest BCUT2D eigenvalue weighted by Gasteiger charge is 2.38. The van der Waals surface area contributed by atoms with Gasteiger partial charge in [-0.25, -0.2) is 0 Å². The van der Waals surface area contributed by atoms with Gasteiger partial charge in [-0.15, -0.1) is 0 Å². The third kappa shape index (κ3) is 5.37. The number of benzene rings is 7.